The van der Waals surface area contributed by atoms with Gasteiger partial charge in [-0.25, -0.2) is 12.8 Å². The van der Waals surface area contributed by atoms with Crippen LogP contribution in [0.15, 0.2) is 78.9 Å². The minimum Gasteiger partial charge on any atom is -0.344 e. The maximum absolute atomic E-state index is 14.0. The molecule has 0 aliphatic rings. The van der Waals surface area contributed by atoms with E-state index in [4.69, 9.17) is 0 Å². The van der Waals surface area contributed by atoms with Crippen LogP contribution in [0.25, 0.3) is 0 Å². The molecule has 31 heavy (non-hydrogen) atoms. The summed E-state index contributed by atoms with van der Waals surface area (Å²) < 4.78 is 39.6. The summed E-state index contributed by atoms with van der Waals surface area (Å²) in [5.74, 6) is -0.990. The van der Waals surface area contributed by atoms with Crippen molar-refractivity contribution in [1.82, 2.24) is 9.62 Å². The van der Waals surface area contributed by atoms with E-state index in [2.05, 4.69) is 5.32 Å². The molecule has 0 saturated carbocycles. The number of aryl methyl sites for hydroxylation is 1. The zero-order valence-electron chi connectivity index (χ0n) is 17.5. The van der Waals surface area contributed by atoms with Gasteiger partial charge in [-0.1, -0.05) is 78.4 Å². The molecule has 0 radical (unpaired) electrons. The number of hydrogen-bond acceptors (Lipinski definition) is 3. The van der Waals surface area contributed by atoms with Gasteiger partial charge in [0.05, 0.1) is 18.8 Å². The third kappa shape index (κ3) is 6.23. The van der Waals surface area contributed by atoms with E-state index in [1.165, 1.54) is 18.2 Å². The van der Waals surface area contributed by atoms with Gasteiger partial charge in [0.25, 0.3) is 0 Å². The predicted octanol–water partition coefficient (Wildman–Crippen LogP) is 3.80. The Kier molecular flexibility index (Phi) is 7.20. The third-order valence-electron chi connectivity index (χ3n) is 4.91. The lowest BCUT2D eigenvalue weighted by Gasteiger charge is -2.24. The van der Waals surface area contributed by atoms with Gasteiger partial charge in [0.2, 0.25) is 15.9 Å². The van der Waals surface area contributed by atoms with Crippen LogP contribution in [-0.4, -0.2) is 31.4 Å². The van der Waals surface area contributed by atoms with E-state index in [1.807, 2.05) is 61.5 Å². The summed E-state index contributed by atoms with van der Waals surface area (Å²) in [6, 6.07) is 22.7. The fraction of sp³-hybridized carbons (Fsp3) is 0.208. The number of rotatable bonds is 8. The molecule has 0 aromatic heterocycles. The summed E-state index contributed by atoms with van der Waals surface area (Å²) in [5.41, 5.74) is 3.02. The largest absolute Gasteiger partial charge is 0.344 e. The van der Waals surface area contributed by atoms with Crippen LogP contribution in [0.3, 0.4) is 0 Å². The Morgan fingerprint density at radius 1 is 0.968 bits per heavy atom. The summed E-state index contributed by atoms with van der Waals surface area (Å²) in [4.78, 5) is 12.9. The number of benzene rings is 3. The van der Waals surface area contributed by atoms with Gasteiger partial charge >= 0.3 is 0 Å². The van der Waals surface area contributed by atoms with E-state index in [0.717, 1.165) is 27.3 Å². The number of sulfonamides is 1. The molecule has 1 atom stereocenters. The molecule has 162 valence electrons. The monoisotopic (exact) mass is 440 g/mol. The van der Waals surface area contributed by atoms with Gasteiger partial charge in [0, 0.05) is 12.1 Å². The zero-order valence-corrected chi connectivity index (χ0v) is 18.3. The van der Waals surface area contributed by atoms with Gasteiger partial charge < -0.3 is 5.32 Å². The van der Waals surface area contributed by atoms with Gasteiger partial charge in [-0.15, -0.1) is 0 Å². The number of halogens is 1. The molecular formula is C24H25FN2O3S. The first kappa shape index (κ1) is 22.7. The van der Waals surface area contributed by atoms with Gasteiger partial charge in [-0.3, -0.25) is 4.79 Å². The molecule has 3 rings (SSSR count). The standard InChI is InChI=1S/C24H25FN2O3S/c1-18-9-8-13-20(15-18)24(19-10-4-3-5-11-19)26-23(28)17-27(31(2,29)30)16-21-12-6-7-14-22(21)25/h3-15,24H,16-17H2,1-2H3,(H,26,28). The number of amides is 1. The number of nitrogens with zero attached hydrogens (tertiary/aromatic N) is 1. The molecule has 1 amide bonds. The van der Waals surface area contributed by atoms with E-state index < -0.39 is 34.3 Å². The SMILES string of the molecule is Cc1cccc(C(NC(=O)CN(Cc2ccccc2F)S(C)(=O)=O)c2ccccc2)c1. The Morgan fingerprint density at radius 3 is 2.26 bits per heavy atom. The summed E-state index contributed by atoms with van der Waals surface area (Å²) in [6.07, 6.45) is 1.01. The van der Waals surface area contributed by atoms with E-state index in [0.29, 0.717) is 0 Å². The van der Waals surface area contributed by atoms with Crippen molar-refractivity contribution in [3.63, 3.8) is 0 Å². The lowest BCUT2D eigenvalue weighted by molar-refractivity contribution is -0.121. The third-order valence-corrected chi connectivity index (χ3v) is 6.10. The molecule has 0 spiro atoms. The Bertz CT molecular complexity index is 1150. The first-order valence-electron chi connectivity index (χ1n) is 9.83. The molecule has 3 aromatic rings. The van der Waals surface area contributed by atoms with Crippen LogP contribution >= 0.6 is 0 Å². The minimum atomic E-state index is -3.74. The molecule has 0 aliphatic carbocycles. The number of hydrogen-bond donors (Lipinski definition) is 1. The zero-order chi connectivity index (χ0) is 22.4. The predicted molar refractivity (Wildman–Crippen MR) is 119 cm³/mol. The van der Waals surface area contributed by atoms with Crippen LogP contribution in [0.1, 0.15) is 28.3 Å². The highest BCUT2D eigenvalue weighted by Gasteiger charge is 2.24. The fourth-order valence-corrected chi connectivity index (χ4v) is 4.05. The molecule has 0 saturated heterocycles. The second-order valence-electron chi connectivity index (χ2n) is 7.45. The van der Waals surface area contributed by atoms with E-state index in [9.17, 15) is 17.6 Å². The van der Waals surface area contributed by atoms with E-state index in [1.54, 1.807) is 6.07 Å². The summed E-state index contributed by atoms with van der Waals surface area (Å²) >= 11 is 0. The van der Waals surface area contributed by atoms with Crippen LogP contribution in [0.2, 0.25) is 0 Å². The maximum atomic E-state index is 14.0. The van der Waals surface area contributed by atoms with Crippen molar-refractivity contribution in [3.8, 4) is 0 Å². The quantitative estimate of drug-likeness (QED) is 0.579. The number of carbonyl (C=O) groups excluding carboxylic acids is 1. The Balaban J connectivity index is 1.84. The maximum Gasteiger partial charge on any atom is 0.236 e. The van der Waals surface area contributed by atoms with Crippen molar-refractivity contribution in [2.75, 3.05) is 12.8 Å². The van der Waals surface area contributed by atoms with Crippen molar-refractivity contribution in [1.29, 1.82) is 0 Å². The molecule has 7 heteroatoms. The van der Waals surface area contributed by atoms with Crippen LogP contribution < -0.4 is 5.32 Å². The van der Waals surface area contributed by atoms with Crippen molar-refractivity contribution in [2.45, 2.75) is 19.5 Å². The summed E-state index contributed by atoms with van der Waals surface area (Å²) in [7, 11) is -3.74. The fourth-order valence-electron chi connectivity index (χ4n) is 3.33. The number of nitrogens with one attached hydrogen (secondary N) is 1. The number of carbonyl (C=O) groups is 1. The van der Waals surface area contributed by atoms with Crippen LogP contribution in [0, 0.1) is 12.7 Å². The van der Waals surface area contributed by atoms with Gasteiger partial charge in [0.1, 0.15) is 5.82 Å². The normalized spacial score (nSPS) is 12.5. The van der Waals surface area contributed by atoms with Gasteiger partial charge in [0.15, 0.2) is 0 Å². The second kappa shape index (κ2) is 9.85. The topological polar surface area (TPSA) is 66.5 Å². The van der Waals surface area contributed by atoms with Crippen molar-refractivity contribution in [2.24, 2.45) is 0 Å². The molecule has 1 N–H and O–H groups in total. The highest BCUT2D eigenvalue weighted by molar-refractivity contribution is 7.88. The van der Waals surface area contributed by atoms with Crippen LogP contribution in [0.5, 0.6) is 0 Å². The Hall–Kier alpha value is -3.03. The first-order valence-corrected chi connectivity index (χ1v) is 11.7. The first-order chi connectivity index (χ1) is 14.7. The molecule has 3 aromatic carbocycles. The summed E-state index contributed by atoms with van der Waals surface area (Å²) in [5, 5.41) is 2.94. The van der Waals surface area contributed by atoms with Crippen LogP contribution in [0.4, 0.5) is 4.39 Å². The van der Waals surface area contributed by atoms with Crippen molar-refractivity contribution >= 4 is 15.9 Å². The Labute approximate surface area is 182 Å². The lowest BCUT2D eigenvalue weighted by atomic mass is 9.97. The molecule has 0 aliphatic heterocycles. The minimum absolute atomic E-state index is 0.207. The van der Waals surface area contributed by atoms with Gasteiger partial charge in [-0.05, 0) is 24.1 Å². The van der Waals surface area contributed by atoms with Crippen molar-refractivity contribution < 1.29 is 17.6 Å². The highest BCUT2D eigenvalue weighted by Crippen LogP contribution is 2.23. The molecule has 0 bridgehead atoms. The van der Waals surface area contributed by atoms with E-state index >= 15 is 0 Å². The molecule has 5 nitrogen and oxygen atoms in total. The average molecular weight is 441 g/mol. The van der Waals surface area contributed by atoms with Crippen LogP contribution in [-0.2, 0) is 21.4 Å². The van der Waals surface area contributed by atoms with Gasteiger partial charge in [-0.2, -0.15) is 4.31 Å². The second-order valence-corrected chi connectivity index (χ2v) is 9.43. The van der Waals surface area contributed by atoms with E-state index in [-0.39, 0.29) is 12.1 Å². The smallest absolute Gasteiger partial charge is 0.236 e. The molecule has 0 fully saturated rings. The Morgan fingerprint density at radius 2 is 1.61 bits per heavy atom. The summed E-state index contributed by atoms with van der Waals surface area (Å²) in [6.45, 7) is 1.33. The van der Waals surface area contributed by atoms with Crippen molar-refractivity contribution in [3.05, 3.63) is 107 Å². The lowest BCUT2D eigenvalue weighted by Crippen LogP contribution is -2.41. The molecular weight excluding hydrogens is 415 g/mol. The average Bonchev–Trinajstić information content (AvgIpc) is 2.73. The highest BCUT2D eigenvalue weighted by atomic mass is 32.2. The molecule has 1 unspecified atom stereocenters. The molecule has 0 heterocycles.